The quantitative estimate of drug-likeness (QED) is 0.204. The number of methoxy groups -OCH3 is 1. The van der Waals surface area contributed by atoms with Crippen LogP contribution in [0.15, 0.2) is 40.7 Å². The summed E-state index contributed by atoms with van der Waals surface area (Å²) in [5.41, 5.74) is 1.08. The second-order valence-electron chi connectivity index (χ2n) is 8.62. The van der Waals surface area contributed by atoms with E-state index in [-0.39, 0.29) is 40.8 Å². The Hall–Kier alpha value is -3.51. The second kappa shape index (κ2) is 9.86. The van der Waals surface area contributed by atoms with Gasteiger partial charge >= 0.3 is 0 Å². The Kier molecular flexibility index (Phi) is 6.63. The number of hydrogen-bond donors (Lipinski definition) is 1. The number of carbonyl (C=O) groups is 3. The number of nitro benzene ring substituents is 1. The Labute approximate surface area is 214 Å². The van der Waals surface area contributed by atoms with Gasteiger partial charge in [0.05, 0.1) is 51.6 Å². The third-order valence-corrected chi connectivity index (χ3v) is 8.62. The van der Waals surface area contributed by atoms with Crippen molar-refractivity contribution in [3.8, 4) is 5.75 Å². The largest absolute Gasteiger partial charge is 0.496 e. The SMILES string of the molecule is COc1ccc(NC(=O)CSc2nc3ccc(N4C(=O)[C@H]5CCCC[C@H]5C4=O)cc3s2)c([N+](=O)[O-])c1. The summed E-state index contributed by atoms with van der Waals surface area (Å²) in [7, 11) is 1.40. The number of thioether (sulfide) groups is 1. The fourth-order valence-electron chi connectivity index (χ4n) is 4.72. The summed E-state index contributed by atoms with van der Waals surface area (Å²) in [6, 6.07) is 9.51. The van der Waals surface area contributed by atoms with Crippen molar-refractivity contribution in [2.24, 2.45) is 11.8 Å². The maximum atomic E-state index is 12.9. The number of hydrogen-bond acceptors (Lipinski definition) is 9. The van der Waals surface area contributed by atoms with Crippen molar-refractivity contribution >= 4 is 68.1 Å². The number of imide groups is 1. The first-order chi connectivity index (χ1) is 17.4. The first kappa shape index (κ1) is 24.2. The lowest BCUT2D eigenvalue weighted by molar-refractivity contribution is -0.384. The molecule has 10 nitrogen and oxygen atoms in total. The van der Waals surface area contributed by atoms with E-state index in [0.717, 1.165) is 30.4 Å². The van der Waals surface area contributed by atoms with Gasteiger partial charge in [-0.1, -0.05) is 24.6 Å². The van der Waals surface area contributed by atoms with Gasteiger partial charge in [-0.3, -0.25) is 29.4 Å². The summed E-state index contributed by atoms with van der Waals surface area (Å²) in [6.45, 7) is 0. The number of thiazole rings is 1. The van der Waals surface area contributed by atoms with Crippen LogP contribution in [0.5, 0.6) is 5.75 Å². The number of nitrogens with one attached hydrogen (secondary N) is 1. The molecule has 1 N–H and O–H groups in total. The number of fused-ring (bicyclic) bond motifs is 2. The van der Waals surface area contributed by atoms with Gasteiger partial charge in [-0.25, -0.2) is 4.98 Å². The molecule has 0 spiro atoms. The Morgan fingerprint density at radius 3 is 2.58 bits per heavy atom. The Morgan fingerprint density at radius 1 is 1.19 bits per heavy atom. The van der Waals surface area contributed by atoms with Crippen LogP contribution in [0, 0.1) is 22.0 Å². The minimum absolute atomic E-state index is 0.00230. The van der Waals surface area contributed by atoms with Crippen LogP contribution in [0.25, 0.3) is 10.2 Å². The molecule has 0 radical (unpaired) electrons. The maximum Gasteiger partial charge on any atom is 0.296 e. The molecule has 2 heterocycles. The van der Waals surface area contributed by atoms with Crippen LogP contribution in [-0.4, -0.2) is 40.5 Å². The number of amides is 3. The van der Waals surface area contributed by atoms with Crippen molar-refractivity contribution in [2.45, 2.75) is 30.0 Å². The molecule has 1 aliphatic carbocycles. The van der Waals surface area contributed by atoms with Crippen LogP contribution in [0.3, 0.4) is 0 Å². The highest BCUT2D eigenvalue weighted by Gasteiger charge is 2.48. The van der Waals surface area contributed by atoms with E-state index in [1.54, 1.807) is 18.2 Å². The topological polar surface area (TPSA) is 132 Å². The first-order valence-electron chi connectivity index (χ1n) is 11.4. The molecule has 186 valence electrons. The molecule has 5 rings (SSSR count). The zero-order valence-electron chi connectivity index (χ0n) is 19.3. The molecule has 1 saturated carbocycles. The summed E-state index contributed by atoms with van der Waals surface area (Å²) in [5.74, 6) is -0.755. The van der Waals surface area contributed by atoms with Gasteiger partial charge in [0.1, 0.15) is 11.4 Å². The fourth-order valence-corrected chi connectivity index (χ4v) is 6.62. The molecule has 1 aliphatic heterocycles. The Balaban J connectivity index is 1.27. The molecule has 3 aromatic rings. The minimum Gasteiger partial charge on any atom is -0.496 e. The van der Waals surface area contributed by atoms with Crippen molar-refractivity contribution in [2.75, 3.05) is 23.1 Å². The first-order valence-corrected chi connectivity index (χ1v) is 13.2. The monoisotopic (exact) mass is 526 g/mol. The molecule has 2 fully saturated rings. The van der Waals surface area contributed by atoms with Gasteiger partial charge in [-0.05, 0) is 43.2 Å². The van der Waals surface area contributed by atoms with Gasteiger partial charge in [-0.15, -0.1) is 11.3 Å². The van der Waals surface area contributed by atoms with Crippen LogP contribution < -0.4 is 15.0 Å². The average molecular weight is 527 g/mol. The zero-order valence-corrected chi connectivity index (χ0v) is 20.9. The smallest absolute Gasteiger partial charge is 0.296 e. The standard InChI is InChI=1S/C24H22N4O6S2/c1-34-14-7-9-17(19(11-14)28(32)33)25-21(29)12-35-24-26-18-8-6-13(10-20(18)36-24)27-22(30)15-4-2-3-5-16(15)23(27)31/h6-11,15-16H,2-5,12H2,1H3,(H,25,29)/t15-,16+. The predicted octanol–water partition coefficient (Wildman–Crippen LogP) is 4.62. The lowest BCUT2D eigenvalue weighted by Gasteiger charge is -2.19. The van der Waals surface area contributed by atoms with Crippen molar-refractivity contribution in [1.29, 1.82) is 0 Å². The van der Waals surface area contributed by atoms with Crippen LogP contribution in [0.2, 0.25) is 0 Å². The van der Waals surface area contributed by atoms with Crippen LogP contribution in [0.4, 0.5) is 17.1 Å². The molecule has 2 aromatic carbocycles. The molecule has 2 atom stereocenters. The number of nitro groups is 1. The van der Waals surface area contributed by atoms with Gasteiger partial charge in [-0.2, -0.15) is 0 Å². The lowest BCUT2D eigenvalue weighted by atomic mass is 9.81. The van der Waals surface area contributed by atoms with E-state index in [4.69, 9.17) is 4.74 Å². The van der Waals surface area contributed by atoms with Crippen LogP contribution in [-0.2, 0) is 14.4 Å². The van der Waals surface area contributed by atoms with E-state index < -0.39 is 10.8 Å². The van der Waals surface area contributed by atoms with E-state index in [0.29, 0.717) is 21.3 Å². The van der Waals surface area contributed by atoms with Crippen LogP contribution in [0.1, 0.15) is 25.7 Å². The molecule has 3 amide bonds. The predicted molar refractivity (Wildman–Crippen MR) is 137 cm³/mol. The Bertz CT molecular complexity index is 1370. The number of anilines is 2. The van der Waals surface area contributed by atoms with Gasteiger partial charge < -0.3 is 10.1 Å². The number of aromatic nitrogens is 1. The number of benzene rings is 2. The summed E-state index contributed by atoms with van der Waals surface area (Å²) in [5, 5.41) is 13.9. The molecule has 0 bridgehead atoms. The van der Waals surface area contributed by atoms with Gasteiger partial charge in [0.2, 0.25) is 17.7 Å². The number of nitrogens with zero attached hydrogens (tertiary/aromatic N) is 3. The molecule has 12 heteroatoms. The highest BCUT2D eigenvalue weighted by molar-refractivity contribution is 8.01. The van der Waals surface area contributed by atoms with Gasteiger partial charge in [0.15, 0.2) is 4.34 Å². The molecule has 36 heavy (non-hydrogen) atoms. The summed E-state index contributed by atoms with van der Waals surface area (Å²) in [4.78, 5) is 54.9. The second-order valence-corrected chi connectivity index (χ2v) is 10.9. The van der Waals surface area contributed by atoms with Crippen molar-refractivity contribution in [1.82, 2.24) is 4.98 Å². The molecular formula is C24H22N4O6S2. The number of carbonyl (C=O) groups excluding carboxylic acids is 3. The molecule has 0 unspecified atom stereocenters. The fraction of sp³-hybridized carbons (Fsp3) is 0.333. The summed E-state index contributed by atoms with van der Waals surface area (Å²) < 4.78 is 6.44. The minimum atomic E-state index is -0.582. The van der Waals surface area contributed by atoms with Crippen molar-refractivity contribution in [3.63, 3.8) is 0 Å². The zero-order chi connectivity index (χ0) is 25.4. The third-order valence-electron chi connectivity index (χ3n) is 6.45. The van der Waals surface area contributed by atoms with Crippen LogP contribution >= 0.6 is 23.1 Å². The molecular weight excluding hydrogens is 504 g/mol. The third kappa shape index (κ3) is 4.53. The average Bonchev–Trinajstić information content (AvgIpc) is 3.40. The molecule has 1 saturated heterocycles. The lowest BCUT2D eigenvalue weighted by Crippen LogP contribution is -2.30. The van der Waals surface area contributed by atoms with E-state index >= 15 is 0 Å². The van der Waals surface area contributed by atoms with E-state index in [1.165, 1.54) is 53.3 Å². The highest BCUT2D eigenvalue weighted by atomic mass is 32.2. The van der Waals surface area contributed by atoms with Crippen molar-refractivity contribution < 1.29 is 24.0 Å². The highest BCUT2D eigenvalue weighted by Crippen LogP contribution is 2.41. The number of rotatable bonds is 7. The van der Waals surface area contributed by atoms with Crippen molar-refractivity contribution in [3.05, 3.63) is 46.5 Å². The normalized spacial score (nSPS) is 19.4. The van der Waals surface area contributed by atoms with Gasteiger partial charge in [0.25, 0.3) is 5.69 Å². The van der Waals surface area contributed by atoms with E-state index in [9.17, 15) is 24.5 Å². The summed E-state index contributed by atoms with van der Waals surface area (Å²) in [6.07, 6.45) is 3.47. The molecule has 2 aliphatic rings. The van der Waals surface area contributed by atoms with Gasteiger partial charge in [0, 0.05) is 0 Å². The maximum absolute atomic E-state index is 12.9. The van der Waals surface area contributed by atoms with E-state index in [2.05, 4.69) is 10.3 Å². The molecule has 1 aromatic heterocycles. The number of ether oxygens (including phenoxy) is 1. The van der Waals surface area contributed by atoms with E-state index in [1.807, 2.05) is 0 Å². The Morgan fingerprint density at radius 2 is 1.92 bits per heavy atom. The summed E-state index contributed by atoms with van der Waals surface area (Å²) >= 11 is 2.56.